The number of nitrogens with zero attached hydrogens (tertiary/aromatic N) is 3. The van der Waals surface area contributed by atoms with Gasteiger partial charge in [0.25, 0.3) is 0 Å². The highest BCUT2D eigenvalue weighted by Crippen LogP contribution is 2.62. The van der Waals surface area contributed by atoms with Crippen molar-refractivity contribution in [3.05, 3.63) is 239 Å². The topological polar surface area (TPSA) is 69.8 Å². The second-order valence-electron chi connectivity index (χ2n) is 14.8. The molecule has 0 bridgehead atoms. The maximum absolute atomic E-state index is 9.40. The Morgan fingerprint density at radius 2 is 1.05 bits per heavy atom. The van der Waals surface area contributed by atoms with Gasteiger partial charge in [-0.05, 0) is 86.5 Å². The molecule has 272 valence electrons. The molecule has 5 nitrogen and oxygen atoms in total. The first-order valence-corrected chi connectivity index (χ1v) is 19.5. The summed E-state index contributed by atoms with van der Waals surface area (Å²) < 4.78 is 6.65. The summed E-state index contributed by atoms with van der Waals surface area (Å²) in [6.45, 7) is 0. The number of rotatable bonds is 5. The zero-order valence-corrected chi connectivity index (χ0v) is 31.3. The number of ether oxygens (including phenoxy) is 1. The Hall–Kier alpha value is -7.81. The Morgan fingerprint density at radius 1 is 0.483 bits per heavy atom. The summed E-state index contributed by atoms with van der Waals surface area (Å²) in [7, 11) is 0. The molecule has 5 heteroatoms. The van der Waals surface area contributed by atoms with Gasteiger partial charge in [0.15, 0.2) is 5.84 Å². The van der Waals surface area contributed by atoms with Crippen molar-refractivity contribution < 1.29 is 4.74 Å². The van der Waals surface area contributed by atoms with E-state index in [1.54, 1.807) is 0 Å². The summed E-state index contributed by atoms with van der Waals surface area (Å²) in [5.41, 5.74) is 14.2. The van der Waals surface area contributed by atoms with E-state index in [0.717, 1.165) is 73.0 Å². The summed E-state index contributed by atoms with van der Waals surface area (Å²) in [5.74, 6) is 3.14. The van der Waals surface area contributed by atoms with Crippen LogP contribution in [0.4, 0.5) is 0 Å². The molecule has 1 aliphatic carbocycles. The molecule has 0 fully saturated rings. The number of nitriles is 1. The van der Waals surface area contributed by atoms with Crippen molar-refractivity contribution in [2.75, 3.05) is 0 Å². The lowest BCUT2D eigenvalue weighted by molar-refractivity contribution is 0.436. The second kappa shape index (κ2) is 13.4. The highest BCUT2D eigenvalue weighted by Gasteiger charge is 2.51. The van der Waals surface area contributed by atoms with Crippen LogP contribution in [0.1, 0.15) is 50.7 Å². The summed E-state index contributed by atoms with van der Waals surface area (Å²) in [6, 6.07) is 69.8. The molecule has 3 aliphatic rings. The largest absolute Gasteiger partial charge is 0.457 e. The van der Waals surface area contributed by atoms with Crippen molar-refractivity contribution in [1.82, 2.24) is 5.32 Å². The average Bonchev–Trinajstić information content (AvgIpc) is 3.58. The van der Waals surface area contributed by atoms with Crippen LogP contribution in [0.3, 0.4) is 0 Å². The molecule has 0 saturated heterocycles. The molecular weight excluding hydrogens is 709 g/mol. The SMILES string of the molecule is N#Cc1ccc(-c2ccc(-c3cc4c(cc3C3=NC(c5ccccc5)=NC(c5ccccc5)N3)-c3ccccc3C43c4ccccc4Oc4ccccc43)cc2)cc1. The van der Waals surface area contributed by atoms with Crippen molar-refractivity contribution in [2.24, 2.45) is 9.98 Å². The number of amidine groups is 2. The van der Waals surface area contributed by atoms with E-state index in [-0.39, 0.29) is 6.17 Å². The van der Waals surface area contributed by atoms with Crippen LogP contribution in [-0.4, -0.2) is 11.7 Å². The van der Waals surface area contributed by atoms with Gasteiger partial charge in [0.2, 0.25) is 0 Å². The fourth-order valence-corrected chi connectivity index (χ4v) is 9.02. The highest BCUT2D eigenvalue weighted by molar-refractivity contribution is 6.16. The van der Waals surface area contributed by atoms with Crippen LogP contribution in [0.15, 0.2) is 204 Å². The standard InChI is InChI=1S/C53H34N4O/c54-33-34-23-25-35(26-24-34)36-27-29-37(30-28-36)41-32-47-42(31-43(41)52-56-50(38-13-3-1-4-14-38)55-51(57-52)39-15-5-2-6-16-39)40-17-7-8-18-44(40)53(47)45-19-9-11-21-48(45)58-49-22-12-10-20-46(49)53/h1-32,50H,(H,55,56,57). The second-order valence-corrected chi connectivity index (χ2v) is 14.8. The maximum atomic E-state index is 9.40. The summed E-state index contributed by atoms with van der Waals surface area (Å²) in [6.07, 6.45) is -0.350. The predicted molar refractivity (Wildman–Crippen MR) is 231 cm³/mol. The Balaban J connectivity index is 1.18. The van der Waals surface area contributed by atoms with Crippen LogP contribution >= 0.6 is 0 Å². The minimum atomic E-state index is -0.627. The van der Waals surface area contributed by atoms with E-state index in [1.807, 2.05) is 60.7 Å². The number of para-hydroxylation sites is 2. The number of aliphatic imine (C=N–C) groups is 2. The summed E-state index contributed by atoms with van der Waals surface area (Å²) in [4.78, 5) is 10.5. The molecule has 2 heterocycles. The monoisotopic (exact) mass is 742 g/mol. The van der Waals surface area contributed by atoms with Crippen molar-refractivity contribution in [3.8, 4) is 50.9 Å². The van der Waals surface area contributed by atoms with Crippen molar-refractivity contribution in [3.63, 3.8) is 0 Å². The summed E-state index contributed by atoms with van der Waals surface area (Å²) in [5, 5.41) is 13.2. The molecule has 0 amide bonds. The molecule has 1 spiro atoms. The smallest absolute Gasteiger partial charge is 0.159 e. The van der Waals surface area contributed by atoms with E-state index >= 15 is 0 Å². The van der Waals surface area contributed by atoms with Gasteiger partial charge in [-0.2, -0.15) is 5.26 Å². The molecule has 0 saturated carbocycles. The van der Waals surface area contributed by atoms with Crippen molar-refractivity contribution in [2.45, 2.75) is 11.6 Å². The van der Waals surface area contributed by atoms with Crippen LogP contribution in [0.5, 0.6) is 11.5 Å². The molecule has 0 aromatic heterocycles. The molecule has 1 atom stereocenters. The Kier molecular flexibility index (Phi) is 7.77. The summed E-state index contributed by atoms with van der Waals surface area (Å²) >= 11 is 0. The average molecular weight is 743 g/mol. The molecule has 58 heavy (non-hydrogen) atoms. The normalized spacial score (nSPS) is 15.3. The molecule has 0 radical (unpaired) electrons. The van der Waals surface area contributed by atoms with Crippen LogP contribution in [0, 0.1) is 11.3 Å². The fourth-order valence-electron chi connectivity index (χ4n) is 9.02. The lowest BCUT2D eigenvalue weighted by Gasteiger charge is -2.39. The van der Waals surface area contributed by atoms with Crippen LogP contribution < -0.4 is 10.1 Å². The lowest BCUT2D eigenvalue weighted by atomic mass is 9.65. The minimum absolute atomic E-state index is 0.350. The first kappa shape index (κ1) is 33.5. The third-order valence-corrected chi connectivity index (χ3v) is 11.7. The molecule has 1 N–H and O–H groups in total. The molecule has 1 unspecified atom stereocenters. The first-order chi connectivity index (χ1) is 28.7. The number of benzene rings is 8. The zero-order valence-electron chi connectivity index (χ0n) is 31.3. The van der Waals surface area contributed by atoms with Crippen molar-refractivity contribution in [1.29, 1.82) is 5.26 Å². The van der Waals surface area contributed by atoms with E-state index < -0.39 is 5.41 Å². The number of hydrogen-bond acceptors (Lipinski definition) is 5. The van der Waals surface area contributed by atoms with Crippen LogP contribution in [0.2, 0.25) is 0 Å². The minimum Gasteiger partial charge on any atom is -0.457 e. The highest BCUT2D eigenvalue weighted by atomic mass is 16.5. The van der Waals surface area contributed by atoms with Crippen LogP contribution in [0.25, 0.3) is 33.4 Å². The van der Waals surface area contributed by atoms with E-state index in [0.29, 0.717) is 11.4 Å². The molecule has 2 aliphatic heterocycles. The van der Waals surface area contributed by atoms with Gasteiger partial charge >= 0.3 is 0 Å². The molecule has 11 rings (SSSR count). The number of hydrogen-bond donors (Lipinski definition) is 1. The van der Waals surface area contributed by atoms with E-state index in [1.165, 1.54) is 16.7 Å². The fraction of sp³-hybridized carbons (Fsp3) is 0.0377. The van der Waals surface area contributed by atoms with Gasteiger partial charge in [-0.15, -0.1) is 0 Å². The van der Waals surface area contributed by atoms with E-state index in [9.17, 15) is 5.26 Å². The number of nitrogens with one attached hydrogen (secondary N) is 1. The van der Waals surface area contributed by atoms with Gasteiger partial charge < -0.3 is 10.1 Å². The Morgan fingerprint density at radius 3 is 1.72 bits per heavy atom. The molecule has 8 aromatic rings. The van der Waals surface area contributed by atoms with Gasteiger partial charge in [0.05, 0.1) is 17.0 Å². The Bertz CT molecular complexity index is 2950. The third kappa shape index (κ3) is 5.23. The van der Waals surface area contributed by atoms with Gasteiger partial charge in [0, 0.05) is 22.3 Å². The zero-order chi connectivity index (χ0) is 38.6. The van der Waals surface area contributed by atoms with Gasteiger partial charge in [-0.1, -0.05) is 158 Å². The number of fused-ring (bicyclic) bond motifs is 9. The first-order valence-electron chi connectivity index (χ1n) is 19.5. The van der Waals surface area contributed by atoms with E-state index in [4.69, 9.17) is 14.7 Å². The molecule has 8 aromatic carbocycles. The predicted octanol–water partition coefficient (Wildman–Crippen LogP) is 11.9. The van der Waals surface area contributed by atoms with Gasteiger partial charge in [-0.3, -0.25) is 0 Å². The quantitative estimate of drug-likeness (QED) is 0.191. The lowest BCUT2D eigenvalue weighted by Crippen LogP contribution is -2.34. The van der Waals surface area contributed by atoms with Crippen LogP contribution in [-0.2, 0) is 5.41 Å². The third-order valence-electron chi connectivity index (χ3n) is 11.7. The Labute approximate surface area is 336 Å². The van der Waals surface area contributed by atoms with Crippen molar-refractivity contribution >= 4 is 11.7 Å². The van der Waals surface area contributed by atoms with Gasteiger partial charge in [0.1, 0.15) is 23.5 Å². The maximum Gasteiger partial charge on any atom is 0.159 e. The van der Waals surface area contributed by atoms with E-state index in [2.05, 4.69) is 145 Å². The molecular formula is C53H34N4O. The van der Waals surface area contributed by atoms with Gasteiger partial charge in [-0.25, -0.2) is 9.98 Å².